The Bertz CT molecular complexity index is 654. The maximum Gasteiger partial charge on any atom is 0.219 e. The van der Waals surface area contributed by atoms with E-state index in [1.165, 1.54) is 5.56 Å². The lowest BCUT2D eigenvalue weighted by atomic mass is 10.1. The molecule has 0 atom stereocenters. The van der Waals surface area contributed by atoms with Gasteiger partial charge in [0, 0.05) is 58.3 Å². The summed E-state index contributed by atoms with van der Waals surface area (Å²) in [5.74, 6) is 1.89. The number of benzene rings is 1. The van der Waals surface area contributed by atoms with E-state index in [9.17, 15) is 4.79 Å². The fourth-order valence-corrected chi connectivity index (χ4v) is 3.21. The average molecular weight is 390 g/mol. The first-order valence-corrected chi connectivity index (χ1v) is 10.3. The Morgan fingerprint density at radius 1 is 1.18 bits per heavy atom. The van der Waals surface area contributed by atoms with E-state index in [0.717, 1.165) is 63.1 Å². The van der Waals surface area contributed by atoms with Gasteiger partial charge in [0.15, 0.2) is 5.96 Å². The first-order chi connectivity index (χ1) is 13.5. The van der Waals surface area contributed by atoms with Gasteiger partial charge in [-0.3, -0.25) is 9.69 Å². The highest BCUT2D eigenvalue weighted by Crippen LogP contribution is 2.21. The predicted molar refractivity (Wildman–Crippen MR) is 114 cm³/mol. The maximum absolute atomic E-state index is 11.4. The molecule has 0 spiro atoms. The van der Waals surface area contributed by atoms with Crippen molar-refractivity contribution in [1.82, 2.24) is 20.4 Å². The molecule has 0 radical (unpaired) electrons. The molecule has 156 valence electrons. The van der Waals surface area contributed by atoms with Crippen LogP contribution in [0.1, 0.15) is 31.9 Å². The summed E-state index contributed by atoms with van der Waals surface area (Å²) in [5, 5.41) is 6.71. The highest BCUT2D eigenvalue weighted by Gasteiger charge is 2.17. The molecule has 1 amide bonds. The lowest BCUT2D eigenvalue weighted by molar-refractivity contribution is -0.130. The third-order valence-corrected chi connectivity index (χ3v) is 4.81. The van der Waals surface area contributed by atoms with Gasteiger partial charge >= 0.3 is 0 Å². The molecule has 1 heterocycles. The summed E-state index contributed by atoms with van der Waals surface area (Å²) < 4.78 is 5.75. The minimum absolute atomic E-state index is 0.168. The standard InChI is InChI=1S/C21H35N5O2/c1-5-22-21(23-9-10-25-11-13-26(14-12-25)18(4)27)24-16-19-8-7-17(3)15-20(19)28-6-2/h7-8,15H,5-6,9-14,16H2,1-4H3,(H2,22,23,24). The topological polar surface area (TPSA) is 69.2 Å². The fraction of sp³-hybridized carbons (Fsp3) is 0.619. The second kappa shape index (κ2) is 11.5. The van der Waals surface area contributed by atoms with E-state index in [4.69, 9.17) is 9.73 Å². The minimum Gasteiger partial charge on any atom is -0.494 e. The van der Waals surface area contributed by atoms with E-state index in [0.29, 0.717) is 13.2 Å². The van der Waals surface area contributed by atoms with Crippen molar-refractivity contribution in [2.24, 2.45) is 4.99 Å². The van der Waals surface area contributed by atoms with E-state index >= 15 is 0 Å². The molecule has 1 aromatic carbocycles. The number of hydrogen-bond donors (Lipinski definition) is 2. The first kappa shape index (κ1) is 22.0. The van der Waals surface area contributed by atoms with Gasteiger partial charge < -0.3 is 20.3 Å². The van der Waals surface area contributed by atoms with Crippen LogP contribution in [0.4, 0.5) is 0 Å². The van der Waals surface area contributed by atoms with E-state index < -0.39 is 0 Å². The molecule has 2 N–H and O–H groups in total. The zero-order valence-electron chi connectivity index (χ0n) is 17.8. The molecular weight excluding hydrogens is 354 g/mol. The van der Waals surface area contributed by atoms with Gasteiger partial charge in [0.1, 0.15) is 5.75 Å². The number of aryl methyl sites for hydroxylation is 1. The molecule has 1 fully saturated rings. The Morgan fingerprint density at radius 3 is 2.57 bits per heavy atom. The van der Waals surface area contributed by atoms with Crippen molar-refractivity contribution in [3.63, 3.8) is 0 Å². The van der Waals surface area contributed by atoms with Gasteiger partial charge in [-0.1, -0.05) is 12.1 Å². The Morgan fingerprint density at radius 2 is 1.93 bits per heavy atom. The molecule has 0 unspecified atom stereocenters. The van der Waals surface area contributed by atoms with Gasteiger partial charge in [0.2, 0.25) is 5.91 Å². The summed E-state index contributed by atoms with van der Waals surface area (Å²) in [6.07, 6.45) is 0. The van der Waals surface area contributed by atoms with Crippen molar-refractivity contribution < 1.29 is 9.53 Å². The number of nitrogens with one attached hydrogen (secondary N) is 2. The summed E-state index contributed by atoms with van der Waals surface area (Å²) in [7, 11) is 0. The number of amides is 1. The molecule has 28 heavy (non-hydrogen) atoms. The van der Waals surface area contributed by atoms with Gasteiger partial charge in [0.25, 0.3) is 0 Å². The van der Waals surface area contributed by atoms with E-state index in [1.807, 2.05) is 11.8 Å². The van der Waals surface area contributed by atoms with Crippen LogP contribution in [0.2, 0.25) is 0 Å². The summed E-state index contributed by atoms with van der Waals surface area (Å²) in [6.45, 7) is 15.0. The summed E-state index contributed by atoms with van der Waals surface area (Å²) in [4.78, 5) is 20.4. The van der Waals surface area contributed by atoms with Gasteiger partial charge in [0.05, 0.1) is 13.2 Å². The highest BCUT2D eigenvalue weighted by molar-refractivity contribution is 5.79. The number of rotatable bonds is 8. The van der Waals surface area contributed by atoms with Gasteiger partial charge in [-0.15, -0.1) is 0 Å². The molecule has 1 aliphatic heterocycles. The van der Waals surface area contributed by atoms with Crippen LogP contribution >= 0.6 is 0 Å². The quantitative estimate of drug-likeness (QED) is 0.522. The third-order valence-electron chi connectivity index (χ3n) is 4.81. The molecule has 2 rings (SSSR count). The average Bonchev–Trinajstić information content (AvgIpc) is 2.68. The van der Waals surface area contributed by atoms with Crippen molar-refractivity contribution in [2.45, 2.75) is 34.2 Å². The molecule has 7 nitrogen and oxygen atoms in total. The SMILES string of the molecule is CCNC(=NCc1ccc(C)cc1OCC)NCCN1CCN(C(C)=O)CC1. The Kier molecular flexibility index (Phi) is 9.07. The predicted octanol–water partition coefficient (Wildman–Crippen LogP) is 1.61. The zero-order valence-corrected chi connectivity index (χ0v) is 17.8. The molecule has 0 aliphatic carbocycles. The number of ether oxygens (including phenoxy) is 1. The number of piperazine rings is 1. The van der Waals surface area contributed by atoms with Crippen LogP contribution in [0, 0.1) is 6.92 Å². The number of aliphatic imine (C=N–C) groups is 1. The van der Waals surface area contributed by atoms with Crippen LogP contribution in [-0.4, -0.2) is 74.1 Å². The second-order valence-electron chi connectivity index (χ2n) is 7.01. The number of carbonyl (C=O) groups excluding carboxylic acids is 1. The molecule has 1 saturated heterocycles. The summed E-state index contributed by atoms with van der Waals surface area (Å²) >= 11 is 0. The van der Waals surface area contributed by atoms with Gasteiger partial charge in [-0.25, -0.2) is 4.99 Å². The minimum atomic E-state index is 0.168. The second-order valence-corrected chi connectivity index (χ2v) is 7.01. The monoisotopic (exact) mass is 389 g/mol. The van der Waals surface area contributed by atoms with Crippen molar-refractivity contribution in [3.05, 3.63) is 29.3 Å². The lowest BCUT2D eigenvalue weighted by Crippen LogP contribution is -2.50. The molecule has 1 aromatic rings. The normalized spacial score (nSPS) is 15.4. The van der Waals surface area contributed by atoms with Crippen LogP contribution in [0.3, 0.4) is 0 Å². The highest BCUT2D eigenvalue weighted by atomic mass is 16.5. The lowest BCUT2D eigenvalue weighted by Gasteiger charge is -2.34. The summed E-state index contributed by atoms with van der Waals surface area (Å²) in [6, 6.07) is 6.24. The summed E-state index contributed by atoms with van der Waals surface area (Å²) in [5.41, 5.74) is 2.27. The van der Waals surface area contributed by atoms with Crippen LogP contribution in [0.5, 0.6) is 5.75 Å². The third kappa shape index (κ3) is 7.03. The van der Waals surface area contributed by atoms with Crippen LogP contribution in [0.25, 0.3) is 0 Å². The van der Waals surface area contributed by atoms with Crippen LogP contribution in [-0.2, 0) is 11.3 Å². The molecular formula is C21H35N5O2. The zero-order chi connectivity index (χ0) is 20.4. The number of hydrogen-bond acceptors (Lipinski definition) is 4. The number of carbonyl (C=O) groups is 1. The fourth-order valence-electron chi connectivity index (χ4n) is 3.21. The smallest absolute Gasteiger partial charge is 0.219 e. The van der Waals surface area contributed by atoms with Crippen molar-refractivity contribution in [1.29, 1.82) is 0 Å². The largest absolute Gasteiger partial charge is 0.494 e. The van der Waals surface area contributed by atoms with E-state index in [2.05, 4.69) is 47.6 Å². The van der Waals surface area contributed by atoms with Gasteiger partial charge in [-0.2, -0.15) is 0 Å². The van der Waals surface area contributed by atoms with Gasteiger partial charge in [-0.05, 0) is 32.4 Å². The number of guanidine groups is 1. The van der Waals surface area contributed by atoms with E-state index in [1.54, 1.807) is 6.92 Å². The molecule has 1 aliphatic rings. The van der Waals surface area contributed by atoms with Crippen LogP contribution in [0.15, 0.2) is 23.2 Å². The number of nitrogens with zero attached hydrogens (tertiary/aromatic N) is 3. The van der Waals surface area contributed by atoms with E-state index in [-0.39, 0.29) is 5.91 Å². The first-order valence-electron chi connectivity index (χ1n) is 10.3. The van der Waals surface area contributed by atoms with Crippen molar-refractivity contribution >= 4 is 11.9 Å². The molecule has 0 aromatic heterocycles. The molecule has 0 bridgehead atoms. The van der Waals surface area contributed by atoms with Crippen LogP contribution < -0.4 is 15.4 Å². The van der Waals surface area contributed by atoms with Crippen molar-refractivity contribution in [2.75, 3.05) is 52.4 Å². The van der Waals surface area contributed by atoms with Crippen molar-refractivity contribution in [3.8, 4) is 5.75 Å². The Labute approximate surface area is 169 Å². The molecule has 0 saturated carbocycles. The maximum atomic E-state index is 11.4. The Hall–Kier alpha value is -2.28. The Balaban J connectivity index is 1.85. The molecule has 7 heteroatoms.